The van der Waals surface area contributed by atoms with Crippen LogP contribution in [0.15, 0.2) is 89.7 Å². The van der Waals surface area contributed by atoms with Crippen molar-refractivity contribution in [2.75, 3.05) is 11.9 Å². The molecule has 0 radical (unpaired) electrons. The molecule has 0 spiro atoms. The summed E-state index contributed by atoms with van der Waals surface area (Å²) < 4.78 is 5.57. The van der Waals surface area contributed by atoms with Crippen LogP contribution in [0.4, 0.5) is 5.69 Å². The number of carbonyl (C=O) groups excluding carboxylic acids is 1. The van der Waals surface area contributed by atoms with E-state index >= 15 is 0 Å². The summed E-state index contributed by atoms with van der Waals surface area (Å²) >= 11 is 0. The molecule has 0 atom stereocenters. The highest BCUT2D eigenvalue weighted by Crippen LogP contribution is 2.21. The molecule has 0 unspecified atom stereocenters. The molecule has 28 heavy (non-hydrogen) atoms. The van der Waals surface area contributed by atoms with Crippen molar-refractivity contribution in [3.8, 4) is 16.9 Å². The Bertz CT molecular complexity index is 1170. The molecule has 0 saturated carbocycles. The average Bonchev–Trinajstić information content (AvgIpc) is 2.73. The fourth-order valence-corrected chi connectivity index (χ4v) is 2.94. The number of pyridine rings is 1. The molecule has 0 aliphatic rings. The van der Waals surface area contributed by atoms with E-state index in [2.05, 4.69) is 10.3 Å². The number of carbonyl (C=O) groups is 1. The molecule has 5 heteroatoms. The topological polar surface area (TPSA) is 71.2 Å². The van der Waals surface area contributed by atoms with E-state index in [0.29, 0.717) is 11.4 Å². The maximum atomic E-state index is 12.2. The van der Waals surface area contributed by atoms with Gasteiger partial charge in [-0.25, -0.2) is 0 Å². The summed E-state index contributed by atoms with van der Waals surface area (Å²) in [4.78, 5) is 26.2. The van der Waals surface area contributed by atoms with Gasteiger partial charge >= 0.3 is 0 Å². The van der Waals surface area contributed by atoms with Crippen LogP contribution in [0.1, 0.15) is 0 Å². The Morgan fingerprint density at radius 2 is 1.61 bits per heavy atom. The molecule has 4 rings (SSSR count). The largest absolute Gasteiger partial charge is 0.484 e. The summed E-state index contributed by atoms with van der Waals surface area (Å²) in [5.41, 5.74) is 3.50. The SMILES string of the molecule is O=C(COc1ccc2[nH]c(=O)ccc2c1)Nc1ccc(-c2ccccc2)cc1. The fourth-order valence-electron chi connectivity index (χ4n) is 2.94. The van der Waals surface area contributed by atoms with Gasteiger partial charge < -0.3 is 15.0 Å². The van der Waals surface area contributed by atoms with E-state index < -0.39 is 0 Å². The van der Waals surface area contributed by atoms with Gasteiger partial charge in [0.15, 0.2) is 6.61 Å². The van der Waals surface area contributed by atoms with Crippen LogP contribution in [0.2, 0.25) is 0 Å². The van der Waals surface area contributed by atoms with Crippen LogP contribution in [-0.4, -0.2) is 17.5 Å². The third-order valence-corrected chi connectivity index (χ3v) is 4.34. The Kier molecular flexibility index (Phi) is 4.89. The number of fused-ring (bicyclic) bond motifs is 1. The lowest BCUT2D eigenvalue weighted by Crippen LogP contribution is -2.20. The molecule has 5 nitrogen and oxygen atoms in total. The molecule has 0 aliphatic heterocycles. The van der Waals surface area contributed by atoms with E-state index in [0.717, 1.165) is 22.0 Å². The van der Waals surface area contributed by atoms with Gasteiger partial charge in [0.25, 0.3) is 5.91 Å². The summed E-state index contributed by atoms with van der Waals surface area (Å²) in [6.45, 7) is -0.102. The Morgan fingerprint density at radius 1 is 0.857 bits per heavy atom. The first-order valence-corrected chi connectivity index (χ1v) is 8.89. The minimum Gasteiger partial charge on any atom is -0.484 e. The lowest BCUT2D eigenvalue weighted by Gasteiger charge is -2.09. The number of nitrogens with one attached hydrogen (secondary N) is 2. The number of H-pyrrole nitrogens is 1. The van der Waals surface area contributed by atoms with Crippen LogP contribution in [-0.2, 0) is 4.79 Å². The van der Waals surface area contributed by atoms with Gasteiger partial charge in [-0.3, -0.25) is 9.59 Å². The second kappa shape index (κ2) is 7.80. The molecule has 0 saturated heterocycles. The van der Waals surface area contributed by atoms with Crippen molar-refractivity contribution in [2.24, 2.45) is 0 Å². The minimum atomic E-state index is -0.242. The number of anilines is 1. The van der Waals surface area contributed by atoms with Crippen molar-refractivity contribution < 1.29 is 9.53 Å². The normalized spacial score (nSPS) is 10.6. The van der Waals surface area contributed by atoms with E-state index in [4.69, 9.17) is 4.74 Å². The number of ether oxygens (including phenoxy) is 1. The third kappa shape index (κ3) is 4.10. The molecular weight excluding hydrogens is 352 g/mol. The van der Waals surface area contributed by atoms with Gasteiger partial charge in [-0.05, 0) is 47.5 Å². The molecule has 1 aromatic heterocycles. The van der Waals surface area contributed by atoms with Gasteiger partial charge in [0.05, 0.1) is 0 Å². The first-order chi connectivity index (χ1) is 13.7. The Hall–Kier alpha value is -3.86. The molecule has 1 heterocycles. The van der Waals surface area contributed by atoms with Crippen LogP contribution >= 0.6 is 0 Å². The van der Waals surface area contributed by atoms with Gasteiger partial charge in [0.1, 0.15) is 5.75 Å². The number of hydrogen-bond acceptors (Lipinski definition) is 3. The van der Waals surface area contributed by atoms with Crippen LogP contribution in [0.3, 0.4) is 0 Å². The number of aromatic nitrogens is 1. The summed E-state index contributed by atoms with van der Waals surface area (Å²) in [5, 5.41) is 3.67. The third-order valence-electron chi connectivity index (χ3n) is 4.34. The Balaban J connectivity index is 1.37. The van der Waals surface area contributed by atoms with Crippen LogP contribution in [0.5, 0.6) is 5.75 Å². The first-order valence-electron chi connectivity index (χ1n) is 8.89. The molecular formula is C23H18N2O3. The van der Waals surface area contributed by atoms with E-state index in [9.17, 15) is 9.59 Å². The lowest BCUT2D eigenvalue weighted by atomic mass is 10.1. The number of aromatic amines is 1. The second-order valence-electron chi connectivity index (χ2n) is 6.35. The summed E-state index contributed by atoms with van der Waals surface area (Å²) in [6, 6.07) is 26.2. The lowest BCUT2D eigenvalue weighted by molar-refractivity contribution is -0.118. The Labute approximate surface area is 161 Å². The number of benzene rings is 3. The maximum Gasteiger partial charge on any atom is 0.262 e. The molecule has 0 fully saturated rings. The highest BCUT2D eigenvalue weighted by molar-refractivity contribution is 5.92. The second-order valence-corrected chi connectivity index (χ2v) is 6.35. The molecule has 3 aromatic carbocycles. The summed E-state index contributed by atoms with van der Waals surface area (Å²) in [5.74, 6) is 0.322. The van der Waals surface area contributed by atoms with Gasteiger partial charge in [0.2, 0.25) is 5.56 Å². The summed E-state index contributed by atoms with van der Waals surface area (Å²) in [7, 11) is 0. The predicted molar refractivity (Wildman–Crippen MR) is 111 cm³/mol. The Morgan fingerprint density at radius 3 is 2.39 bits per heavy atom. The van der Waals surface area contributed by atoms with Crippen molar-refractivity contribution >= 4 is 22.5 Å². The van der Waals surface area contributed by atoms with E-state index in [1.165, 1.54) is 6.07 Å². The molecule has 0 bridgehead atoms. The van der Waals surface area contributed by atoms with Crippen molar-refractivity contribution in [3.63, 3.8) is 0 Å². The van der Waals surface area contributed by atoms with Gasteiger partial charge in [-0.1, -0.05) is 42.5 Å². The zero-order valence-electron chi connectivity index (χ0n) is 15.0. The molecule has 2 N–H and O–H groups in total. The van der Waals surface area contributed by atoms with Crippen LogP contribution in [0.25, 0.3) is 22.0 Å². The number of hydrogen-bond donors (Lipinski definition) is 2. The van der Waals surface area contributed by atoms with Crippen molar-refractivity contribution in [2.45, 2.75) is 0 Å². The molecule has 4 aromatic rings. The quantitative estimate of drug-likeness (QED) is 0.553. The van der Waals surface area contributed by atoms with Gasteiger partial charge in [0, 0.05) is 22.7 Å². The van der Waals surface area contributed by atoms with Gasteiger partial charge in [-0.15, -0.1) is 0 Å². The number of rotatable bonds is 5. The van der Waals surface area contributed by atoms with Crippen LogP contribution < -0.4 is 15.6 Å². The molecule has 0 aliphatic carbocycles. The monoisotopic (exact) mass is 370 g/mol. The highest BCUT2D eigenvalue weighted by Gasteiger charge is 2.05. The zero-order valence-corrected chi connectivity index (χ0v) is 15.0. The standard InChI is InChI=1S/C23H18N2O3/c26-22-13-8-18-14-20(11-12-21(18)25-22)28-15-23(27)24-19-9-6-17(7-10-19)16-4-2-1-3-5-16/h1-14H,15H2,(H,24,27)(H,25,26). The highest BCUT2D eigenvalue weighted by atomic mass is 16.5. The first kappa shape index (κ1) is 17.5. The molecule has 1 amide bonds. The molecule has 138 valence electrons. The van der Waals surface area contributed by atoms with Crippen LogP contribution in [0, 0.1) is 0 Å². The van der Waals surface area contributed by atoms with E-state index in [-0.39, 0.29) is 18.1 Å². The number of amides is 1. The maximum absolute atomic E-state index is 12.2. The smallest absolute Gasteiger partial charge is 0.262 e. The zero-order chi connectivity index (χ0) is 19.3. The summed E-state index contributed by atoms with van der Waals surface area (Å²) in [6.07, 6.45) is 0. The van der Waals surface area contributed by atoms with Crippen molar-refractivity contribution in [1.82, 2.24) is 4.98 Å². The van der Waals surface area contributed by atoms with Gasteiger partial charge in [-0.2, -0.15) is 0 Å². The van der Waals surface area contributed by atoms with E-state index in [1.54, 1.807) is 24.3 Å². The predicted octanol–water partition coefficient (Wildman–Crippen LogP) is 4.21. The average molecular weight is 370 g/mol. The van der Waals surface area contributed by atoms with Crippen molar-refractivity contribution in [1.29, 1.82) is 0 Å². The minimum absolute atomic E-state index is 0.102. The van der Waals surface area contributed by atoms with Crippen molar-refractivity contribution in [3.05, 3.63) is 95.3 Å². The van der Waals surface area contributed by atoms with E-state index in [1.807, 2.05) is 54.6 Å². The fraction of sp³-hybridized carbons (Fsp3) is 0.0435.